The number of methoxy groups -OCH3 is 1. The lowest BCUT2D eigenvalue weighted by Crippen LogP contribution is -2.47. The lowest BCUT2D eigenvalue weighted by atomic mass is 9.98. The molecular formula is C15H24N2O. The van der Waals surface area contributed by atoms with E-state index in [1.54, 1.807) is 7.11 Å². The van der Waals surface area contributed by atoms with Crippen LogP contribution in [0.1, 0.15) is 16.7 Å². The fraction of sp³-hybridized carbons (Fsp3) is 0.600. The molecule has 0 unspecified atom stereocenters. The van der Waals surface area contributed by atoms with E-state index in [0.29, 0.717) is 0 Å². The molecule has 2 rings (SSSR count). The van der Waals surface area contributed by atoms with Crippen LogP contribution < -0.4 is 15.0 Å². The van der Waals surface area contributed by atoms with E-state index in [1.165, 1.54) is 22.4 Å². The third kappa shape index (κ3) is 2.32. The number of hydrogen-bond donors (Lipinski definition) is 1. The molecule has 1 aliphatic rings. The zero-order valence-corrected chi connectivity index (χ0v) is 12.1. The molecular weight excluding hydrogens is 224 g/mol. The van der Waals surface area contributed by atoms with E-state index >= 15 is 0 Å². The molecule has 18 heavy (non-hydrogen) atoms. The van der Waals surface area contributed by atoms with Gasteiger partial charge in [0.05, 0.1) is 7.11 Å². The molecule has 0 amide bonds. The Bertz CT molecular complexity index is 439. The lowest BCUT2D eigenvalue weighted by molar-refractivity contribution is 0.352. The van der Waals surface area contributed by atoms with E-state index in [9.17, 15) is 0 Å². The molecule has 3 nitrogen and oxygen atoms in total. The summed E-state index contributed by atoms with van der Waals surface area (Å²) in [5.41, 5.74) is 5.24. The summed E-state index contributed by atoms with van der Waals surface area (Å²) in [4.78, 5) is 2.39. The largest absolute Gasteiger partial charge is 0.496 e. The first-order chi connectivity index (χ1) is 8.54. The highest BCUT2D eigenvalue weighted by atomic mass is 16.5. The summed E-state index contributed by atoms with van der Waals surface area (Å²) in [6.07, 6.45) is 0. The summed E-state index contributed by atoms with van der Waals surface area (Å²) in [7, 11) is 3.93. The van der Waals surface area contributed by atoms with Crippen molar-refractivity contribution in [2.45, 2.75) is 20.8 Å². The lowest BCUT2D eigenvalue weighted by Gasteiger charge is -2.34. The van der Waals surface area contributed by atoms with Crippen molar-refractivity contribution in [1.82, 2.24) is 5.32 Å². The summed E-state index contributed by atoms with van der Waals surface area (Å²) in [6.45, 7) is 9.92. The molecule has 3 heteroatoms. The third-order valence-electron chi connectivity index (χ3n) is 4.01. The van der Waals surface area contributed by atoms with Crippen LogP contribution in [-0.4, -0.2) is 33.8 Å². The number of ether oxygens (including phenoxy) is 1. The van der Waals surface area contributed by atoms with Gasteiger partial charge in [-0.25, -0.2) is 0 Å². The maximum Gasteiger partial charge on any atom is 0.122 e. The topological polar surface area (TPSA) is 24.5 Å². The smallest absolute Gasteiger partial charge is 0.122 e. The Morgan fingerprint density at radius 3 is 2.44 bits per heavy atom. The monoisotopic (exact) mass is 248 g/mol. The summed E-state index contributed by atoms with van der Waals surface area (Å²) in [5, 5.41) is 3.33. The van der Waals surface area contributed by atoms with Gasteiger partial charge in [0.25, 0.3) is 0 Å². The molecule has 0 saturated carbocycles. The van der Waals surface area contributed by atoms with Crippen LogP contribution in [0.25, 0.3) is 0 Å². The highest BCUT2D eigenvalue weighted by Gasteiger charge is 2.21. The van der Waals surface area contributed by atoms with Crippen LogP contribution in [0.2, 0.25) is 0 Å². The first kappa shape index (κ1) is 13.2. The summed E-state index contributed by atoms with van der Waals surface area (Å²) in [5.74, 6) is 1.78. The summed E-state index contributed by atoms with van der Waals surface area (Å²) >= 11 is 0. The van der Waals surface area contributed by atoms with Crippen molar-refractivity contribution in [3.8, 4) is 5.75 Å². The van der Waals surface area contributed by atoms with E-state index in [1.807, 2.05) is 0 Å². The van der Waals surface area contributed by atoms with Crippen molar-refractivity contribution < 1.29 is 4.74 Å². The number of hydrogen-bond acceptors (Lipinski definition) is 3. The van der Waals surface area contributed by atoms with Crippen LogP contribution in [0, 0.1) is 26.7 Å². The second kappa shape index (κ2) is 5.19. The zero-order chi connectivity index (χ0) is 13.3. The van der Waals surface area contributed by atoms with Gasteiger partial charge in [-0.15, -0.1) is 0 Å². The van der Waals surface area contributed by atoms with Crippen molar-refractivity contribution in [2.75, 3.05) is 38.7 Å². The van der Waals surface area contributed by atoms with Crippen LogP contribution in [0.3, 0.4) is 0 Å². The molecule has 1 aromatic carbocycles. The van der Waals surface area contributed by atoms with Gasteiger partial charge >= 0.3 is 0 Å². The first-order valence-electron chi connectivity index (χ1n) is 6.61. The fourth-order valence-electron chi connectivity index (χ4n) is 2.79. The predicted molar refractivity (Wildman–Crippen MR) is 76.8 cm³/mol. The van der Waals surface area contributed by atoms with Crippen LogP contribution in [0.15, 0.2) is 6.07 Å². The standard InChI is InChI=1S/C15H24N2O/c1-10-6-14(18-5)11(2)12(3)15(10)17(4)9-13-7-16-8-13/h6,13,16H,7-9H2,1-5H3. The van der Waals surface area contributed by atoms with Gasteiger partial charge in [0.15, 0.2) is 0 Å². The molecule has 1 N–H and O–H groups in total. The normalized spacial score (nSPS) is 15.4. The first-order valence-corrected chi connectivity index (χ1v) is 6.61. The van der Waals surface area contributed by atoms with Crippen molar-refractivity contribution in [2.24, 2.45) is 5.92 Å². The zero-order valence-electron chi connectivity index (χ0n) is 12.1. The average molecular weight is 248 g/mol. The van der Waals surface area contributed by atoms with Gasteiger partial charge < -0.3 is 15.0 Å². The molecule has 1 saturated heterocycles. The Labute approximate surface area is 110 Å². The second-order valence-corrected chi connectivity index (χ2v) is 5.40. The van der Waals surface area contributed by atoms with Crippen molar-refractivity contribution in [3.05, 3.63) is 22.8 Å². The fourth-order valence-corrected chi connectivity index (χ4v) is 2.79. The molecule has 0 aliphatic carbocycles. The maximum absolute atomic E-state index is 5.43. The minimum absolute atomic E-state index is 0.788. The van der Waals surface area contributed by atoms with E-state index < -0.39 is 0 Å². The van der Waals surface area contributed by atoms with Gasteiger partial charge in [-0.3, -0.25) is 0 Å². The molecule has 0 bridgehead atoms. The number of aryl methyl sites for hydroxylation is 1. The highest BCUT2D eigenvalue weighted by Crippen LogP contribution is 2.33. The van der Waals surface area contributed by atoms with E-state index in [2.05, 4.69) is 44.1 Å². The number of rotatable bonds is 4. The summed E-state index contributed by atoms with van der Waals surface area (Å²) < 4.78 is 5.43. The Kier molecular flexibility index (Phi) is 3.81. The molecule has 1 aromatic rings. The maximum atomic E-state index is 5.43. The molecule has 0 atom stereocenters. The molecule has 1 aliphatic heterocycles. The number of nitrogens with zero attached hydrogens (tertiary/aromatic N) is 1. The second-order valence-electron chi connectivity index (χ2n) is 5.40. The number of nitrogens with one attached hydrogen (secondary N) is 1. The van der Waals surface area contributed by atoms with Crippen molar-refractivity contribution >= 4 is 5.69 Å². The van der Waals surface area contributed by atoms with Gasteiger partial charge in [-0.2, -0.15) is 0 Å². The average Bonchev–Trinajstić information content (AvgIpc) is 2.28. The van der Waals surface area contributed by atoms with E-state index in [-0.39, 0.29) is 0 Å². The molecule has 100 valence electrons. The SMILES string of the molecule is COc1cc(C)c(N(C)CC2CNC2)c(C)c1C. The third-order valence-corrected chi connectivity index (χ3v) is 4.01. The Balaban J connectivity index is 2.28. The molecule has 1 heterocycles. The Hall–Kier alpha value is -1.22. The van der Waals surface area contributed by atoms with Gasteiger partial charge in [-0.05, 0) is 43.5 Å². The van der Waals surface area contributed by atoms with Gasteiger partial charge in [0.2, 0.25) is 0 Å². The van der Waals surface area contributed by atoms with E-state index in [4.69, 9.17) is 4.74 Å². The van der Waals surface area contributed by atoms with Gasteiger partial charge in [0.1, 0.15) is 5.75 Å². The van der Waals surface area contributed by atoms with E-state index in [0.717, 1.165) is 31.3 Å². The molecule has 0 aromatic heterocycles. The van der Waals surface area contributed by atoms with Crippen LogP contribution in [-0.2, 0) is 0 Å². The number of anilines is 1. The molecule has 0 radical (unpaired) electrons. The van der Waals surface area contributed by atoms with Gasteiger partial charge in [0, 0.05) is 38.3 Å². The Morgan fingerprint density at radius 1 is 1.28 bits per heavy atom. The van der Waals surface area contributed by atoms with Crippen LogP contribution in [0.5, 0.6) is 5.75 Å². The van der Waals surface area contributed by atoms with Crippen LogP contribution >= 0.6 is 0 Å². The van der Waals surface area contributed by atoms with Gasteiger partial charge in [-0.1, -0.05) is 0 Å². The highest BCUT2D eigenvalue weighted by molar-refractivity contribution is 5.64. The van der Waals surface area contributed by atoms with Crippen molar-refractivity contribution in [1.29, 1.82) is 0 Å². The quantitative estimate of drug-likeness (QED) is 0.884. The van der Waals surface area contributed by atoms with Crippen LogP contribution in [0.4, 0.5) is 5.69 Å². The predicted octanol–water partition coefficient (Wildman–Crippen LogP) is 2.28. The number of benzene rings is 1. The van der Waals surface area contributed by atoms with Crippen molar-refractivity contribution in [3.63, 3.8) is 0 Å². The Morgan fingerprint density at radius 2 is 1.94 bits per heavy atom. The minimum Gasteiger partial charge on any atom is -0.496 e. The molecule has 0 spiro atoms. The summed E-state index contributed by atoms with van der Waals surface area (Å²) in [6, 6.07) is 2.15. The minimum atomic E-state index is 0.788. The molecule has 1 fully saturated rings.